The summed E-state index contributed by atoms with van der Waals surface area (Å²) in [6.45, 7) is 8.38. The molecular weight excluding hydrogens is 256 g/mol. The Balaban J connectivity index is 2.06. The maximum absolute atomic E-state index is 13.8. The van der Waals surface area contributed by atoms with Crippen molar-refractivity contribution in [1.29, 1.82) is 0 Å². The van der Waals surface area contributed by atoms with Crippen LogP contribution in [-0.2, 0) is 6.42 Å². The van der Waals surface area contributed by atoms with Gasteiger partial charge in [-0.1, -0.05) is 20.8 Å². The molecular formula is C17H25F2N. The van der Waals surface area contributed by atoms with Crippen molar-refractivity contribution in [2.24, 2.45) is 17.3 Å². The Bertz CT molecular complexity index is 454. The van der Waals surface area contributed by atoms with E-state index in [9.17, 15) is 8.78 Å². The molecule has 0 radical (unpaired) electrons. The predicted molar refractivity (Wildman–Crippen MR) is 78.6 cm³/mol. The summed E-state index contributed by atoms with van der Waals surface area (Å²) in [5.74, 6) is 0.589. The van der Waals surface area contributed by atoms with Crippen LogP contribution < -0.4 is 5.32 Å². The molecule has 0 spiro atoms. The fourth-order valence-electron chi connectivity index (χ4n) is 2.89. The van der Waals surface area contributed by atoms with Crippen LogP contribution in [0.4, 0.5) is 8.78 Å². The zero-order valence-electron chi connectivity index (χ0n) is 12.7. The summed E-state index contributed by atoms with van der Waals surface area (Å²) in [7, 11) is 0. The average Bonchev–Trinajstić information content (AvgIpc) is 3.18. The zero-order chi connectivity index (χ0) is 14.8. The minimum Gasteiger partial charge on any atom is -0.316 e. The van der Waals surface area contributed by atoms with E-state index in [1.54, 1.807) is 0 Å². The monoisotopic (exact) mass is 281 g/mol. The van der Waals surface area contributed by atoms with Crippen molar-refractivity contribution in [3.05, 3.63) is 35.4 Å². The lowest BCUT2D eigenvalue weighted by Crippen LogP contribution is -2.37. The van der Waals surface area contributed by atoms with E-state index in [1.165, 1.54) is 31.0 Å². The van der Waals surface area contributed by atoms with Gasteiger partial charge in [-0.25, -0.2) is 8.78 Å². The van der Waals surface area contributed by atoms with Gasteiger partial charge in [0.25, 0.3) is 0 Å². The summed E-state index contributed by atoms with van der Waals surface area (Å²) >= 11 is 0. The maximum atomic E-state index is 13.8. The summed E-state index contributed by atoms with van der Waals surface area (Å²) < 4.78 is 27.2. The molecule has 3 heteroatoms. The van der Waals surface area contributed by atoms with Gasteiger partial charge in [0.1, 0.15) is 11.6 Å². The minimum absolute atomic E-state index is 0.0174. The molecule has 1 unspecified atom stereocenters. The molecule has 1 N–H and O–H groups in total. The van der Waals surface area contributed by atoms with Gasteiger partial charge in [0.05, 0.1) is 0 Å². The molecule has 0 aromatic heterocycles. The molecule has 1 aromatic rings. The van der Waals surface area contributed by atoms with Crippen molar-refractivity contribution in [2.75, 3.05) is 13.1 Å². The smallest absolute Gasteiger partial charge is 0.126 e. The van der Waals surface area contributed by atoms with Crippen LogP contribution in [0.5, 0.6) is 0 Å². The van der Waals surface area contributed by atoms with Gasteiger partial charge in [-0.15, -0.1) is 0 Å². The summed E-state index contributed by atoms with van der Waals surface area (Å²) in [6, 6.07) is 3.77. The van der Waals surface area contributed by atoms with Gasteiger partial charge >= 0.3 is 0 Å². The van der Waals surface area contributed by atoms with Crippen LogP contribution in [0.1, 0.15) is 39.2 Å². The summed E-state index contributed by atoms with van der Waals surface area (Å²) in [6.07, 6.45) is 3.01. The highest BCUT2D eigenvalue weighted by Gasteiger charge is 2.41. The van der Waals surface area contributed by atoms with Gasteiger partial charge in [0.2, 0.25) is 0 Å². The van der Waals surface area contributed by atoms with Crippen LogP contribution in [0.2, 0.25) is 0 Å². The van der Waals surface area contributed by atoms with Crippen molar-refractivity contribution in [3.8, 4) is 0 Å². The molecule has 1 aliphatic rings. The minimum atomic E-state index is -0.352. The van der Waals surface area contributed by atoms with Crippen molar-refractivity contribution < 1.29 is 8.78 Å². The molecule has 2 rings (SSSR count). The van der Waals surface area contributed by atoms with E-state index in [0.717, 1.165) is 13.1 Å². The fraction of sp³-hybridized carbons (Fsp3) is 0.647. The Kier molecular flexibility index (Phi) is 4.79. The Labute approximate surface area is 120 Å². The van der Waals surface area contributed by atoms with E-state index >= 15 is 0 Å². The van der Waals surface area contributed by atoms with Crippen LogP contribution in [0.3, 0.4) is 0 Å². The molecule has 112 valence electrons. The molecule has 0 saturated heterocycles. The third-order valence-corrected chi connectivity index (χ3v) is 4.25. The first kappa shape index (κ1) is 15.4. The fourth-order valence-corrected chi connectivity index (χ4v) is 2.89. The van der Waals surface area contributed by atoms with E-state index in [-0.39, 0.29) is 17.0 Å². The third-order valence-electron chi connectivity index (χ3n) is 4.25. The molecule has 0 amide bonds. The first-order valence-corrected chi connectivity index (χ1v) is 7.55. The maximum Gasteiger partial charge on any atom is 0.126 e. The van der Waals surface area contributed by atoms with Crippen molar-refractivity contribution in [2.45, 2.75) is 40.0 Å². The molecule has 1 saturated carbocycles. The van der Waals surface area contributed by atoms with E-state index in [4.69, 9.17) is 0 Å². The second kappa shape index (κ2) is 6.21. The van der Waals surface area contributed by atoms with Gasteiger partial charge in [-0.05, 0) is 66.8 Å². The second-order valence-electron chi connectivity index (χ2n) is 6.87. The number of benzene rings is 1. The molecule has 0 bridgehead atoms. The molecule has 1 aromatic carbocycles. The van der Waals surface area contributed by atoms with Crippen LogP contribution in [0.15, 0.2) is 18.2 Å². The van der Waals surface area contributed by atoms with E-state index in [2.05, 4.69) is 26.1 Å². The van der Waals surface area contributed by atoms with Crippen LogP contribution in [0, 0.1) is 28.9 Å². The lowest BCUT2D eigenvalue weighted by molar-refractivity contribution is 0.249. The van der Waals surface area contributed by atoms with Crippen molar-refractivity contribution in [3.63, 3.8) is 0 Å². The average molecular weight is 281 g/mol. The normalized spacial score (nSPS) is 18.3. The lowest BCUT2D eigenvalue weighted by Gasteiger charge is -2.31. The standard InChI is InChI=1S/C17H25F2N/c1-12(2)10-20-11-17(3,14-4-5-14)9-13-8-15(18)6-7-16(13)19/h6-8,12,14,20H,4-5,9-11H2,1-3H3. The van der Waals surface area contributed by atoms with Gasteiger partial charge in [0, 0.05) is 6.54 Å². The molecule has 0 aliphatic heterocycles. The zero-order valence-corrected chi connectivity index (χ0v) is 12.7. The highest BCUT2D eigenvalue weighted by molar-refractivity contribution is 5.21. The van der Waals surface area contributed by atoms with Crippen LogP contribution >= 0.6 is 0 Å². The third kappa shape index (κ3) is 4.02. The first-order chi connectivity index (χ1) is 9.40. The number of halogens is 2. The van der Waals surface area contributed by atoms with Gasteiger partial charge < -0.3 is 5.32 Å². The summed E-state index contributed by atoms with van der Waals surface area (Å²) in [4.78, 5) is 0. The summed E-state index contributed by atoms with van der Waals surface area (Å²) in [5.41, 5.74) is 0.523. The topological polar surface area (TPSA) is 12.0 Å². The Hall–Kier alpha value is -0.960. The number of nitrogens with one attached hydrogen (secondary N) is 1. The largest absolute Gasteiger partial charge is 0.316 e. The Morgan fingerprint density at radius 1 is 1.30 bits per heavy atom. The lowest BCUT2D eigenvalue weighted by atomic mass is 9.78. The van der Waals surface area contributed by atoms with Gasteiger partial charge in [0.15, 0.2) is 0 Å². The molecule has 1 fully saturated rings. The molecule has 0 heterocycles. The first-order valence-electron chi connectivity index (χ1n) is 7.55. The molecule has 1 nitrogen and oxygen atoms in total. The Morgan fingerprint density at radius 2 is 2.00 bits per heavy atom. The number of hydrogen-bond acceptors (Lipinski definition) is 1. The van der Waals surface area contributed by atoms with Gasteiger partial charge in [-0.2, -0.15) is 0 Å². The molecule has 20 heavy (non-hydrogen) atoms. The molecule has 1 atom stereocenters. The number of rotatable bonds is 7. The highest BCUT2D eigenvalue weighted by Crippen LogP contribution is 2.47. The van der Waals surface area contributed by atoms with Crippen molar-refractivity contribution >= 4 is 0 Å². The van der Waals surface area contributed by atoms with E-state index in [0.29, 0.717) is 23.8 Å². The van der Waals surface area contributed by atoms with Gasteiger partial charge in [-0.3, -0.25) is 0 Å². The van der Waals surface area contributed by atoms with Crippen molar-refractivity contribution in [1.82, 2.24) is 5.32 Å². The SMILES string of the molecule is CC(C)CNCC(C)(Cc1cc(F)ccc1F)C1CC1. The van der Waals surface area contributed by atoms with Crippen LogP contribution in [0.25, 0.3) is 0 Å². The second-order valence-corrected chi connectivity index (χ2v) is 6.87. The van der Waals surface area contributed by atoms with Crippen LogP contribution in [-0.4, -0.2) is 13.1 Å². The summed E-state index contributed by atoms with van der Waals surface area (Å²) in [5, 5.41) is 3.48. The quantitative estimate of drug-likeness (QED) is 0.791. The number of hydrogen-bond donors (Lipinski definition) is 1. The molecule has 1 aliphatic carbocycles. The Morgan fingerprint density at radius 3 is 2.60 bits per heavy atom. The van der Waals surface area contributed by atoms with E-state index in [1.807, 2.05) is 0 Å². The highest BCUT2D eigenvalue weighted by atomic mass is 19.1. The predicted octanol–water partition coefficient (Wildman–Crippen LogP) is 4.17. The van der Waals surface area contributed by atoms with E-state index < -0.39 is 0 Å².